The van der Waals surface area contributed by atoms with Crippen LogP contribution < -0.4 is 26.6 Å². The minimum absolute atomic E-state index is 0.151. The minimum atomic E-state index is -0.257. The highest BCUT2D eigenvalue weighted by Gasteiger charge is 2.10. The highest BCUT2D eigenvalue weighted by Crippen LogP contribution is 2.25. The second-order valence-corrected chi connectivity index (χ2v) is 11.7. The van der Waals surface area contributed by atoms with Crippen LogP contribution in [0.25, 0.3) is 10.4 Å². The van der Waals surface area contributed by atoms with Crippen LogP contribution in [0.1, 0.15) is 26.3 Å². The number of ether oxygens (including phenoxy) is 4. The van der Waals surface area contributed by atoms with Crippen LogP contribution in [0.4, 0.5) is 23.5 Å². The van der Waals surface area contributed by atoms with E-state index >= 15 is 0 Å². The Morgan fingerprint density at radius 2 is 1.18 bits per heavy atom. The van der Waals surface area contributed by atoms with E-state index in [1.807, 2.05) is 18.2 Å². The molecule has 1 aromatic heterocycles. The molecule has 19 nitrogen and oxygen atoms in total. The number of anilines is 4. The van der Waals surface area contributed by atoms with Gasteiger partial charge in [0.15, 0.2) is 11.5 Å². The summed E-state index contributed by atoms with van der Waals surface area (Å²) in [5.41, 5.74) is 10.7. The highest BCUT2D eigenvalue weighted by atomic mass is 16.5. The molecule has 4 aromatic rings. The van der Waals surface area contributed by atoms with E-state index in [4.69, 9.17) is 24.5 Å². The Labute approximate surface area is 323 Å². The summed E-state index contributed by atoms with van der Waals surface area (Å²) >= 11 is 0. The molecular weight excluding hydrogens is 726 g/mol. The molecule has 19 heteroatoms. The number of nitrogens with zero attached hydrogens (tertiary/aromatic N) is 6. The Morgan fingerprint density at radius 3 is 1.79 bits per heavy atom. The van der Waals surface area contributed by atoms with Gasteiger partial charge in [0.05, 0.1) is 52.9 Å². The maximum atomic E-state index is 12.6. The van der Waals surface area contributed by atoms with E-state index in [-0.39, 0.29) is 35.8 Å². The van der Waals surface area contributed by atoms with E-state index in [1.54, 1.807) is 42.5 Å². The number of amides is 2. The van der Waals surface area contributed by atoms with Gasteiger partial charge in [-0.1, -0.05) is 29.4 Å². The molecule has 0 saturated heterocycles. The average Bonchev–Trinajstić information content (AvgIpc) is 3.21. The topological polar surface area (TPSA) is 259 Å². The maximum Gasteiger partial charge on any atom is 0.251 e. The quantitative estimate of drug-likeness (QED) is 0.0150. The molecule has 0 aliphatic carbocycles. The molecule has 7 N–H and O–H groups in total. The van der Waals surface area contributed by atoms with Crippen molar-refractivity contribution in [1.29, 1.82) is 0 Å². The number of azide groups is 1. The lowest BCUT2D eigenvalue weighted by Gasteiger charge is -2.12. The van der Waals surface area contributed by atoms with Crippen LogP contribution in [0.3, 0.4) is 0 Å². The molecule has 0 fully saturated rings. The molecule has 1 heterocycles. The van der Waals surface area contributed by atoms with Crippen molar-refractivity contribution >= 4 is 35.3 Å². The van der Waals surface area contributed by atoms with Gasteiger partial charge >= 0.3 is 0 Å². The van der Waals surface area contributed by atoms with Crippen molar-refractivity contribution in [3.8, 4) is 11.5 Å². The zero-order valence-corrected chi connectivity index (χ0v) is 30.9. The first-order chi connectivity index (χ1) is 27.4. The molecular formula is C37H47N11O8. The molecule has 0 aliphatic rings. The van der Waals surface area contributed by atoms with E-state index in [2.05, 4.69) is 51.6 Å². The van der Waals surface area contributed by atoms with Crippen molar-refractivity contribution in [2.24, 2.45) is 5.11 Å². The summed E-state index contributed by atoms with van der Waals surface area (Å²) in [5, 5.41) is 37.9. The third kappa shape index (κ3) is 16.4. The largest absolute Gasteiger partial charge is 0.504 e. The fourth-order valence-corrected chi connectivity index (χ4v) is 4.76. The van der Waals surface area contributed by atoms with Crippen LogP contribution in [0.5, 0.6) is 11.5 Å². The normalized spacial score (nSPS) is 10.6. The summed E-state index contributed by atoms with van der Waals surface area (Å²) in [7, 11) is 0. The van der Waals surface area contributed by atoms with Gasteiger partial charge < -0.3 is 55.7 Å². The zero-order chi connectivity index (χ0) is 39.6. The molecule has 2 amide bonds. The van der Waals surface area contributed by atoms with Crippen LogP contribution in [0.2, 0.25) is 0 Å². The van der Waals surface area contributed by atoms with E-state index in [0.29, 0.717) is 114 Å². The van der Waals surface area contributed by atoms with Gasteiger partial charge in [-0.15, -0.1) is 0 Å². The van der Waals surface area contributed by atoms with Gasteiger partial charge in [0.1, 0.15) is 0 Å². The Kier molecular flexibility index (Phi) is 18.9. The van der Waals surface area contributed by atoms with E-state index < -0.39 is 0 Å². The molecule has 0 bridgehead atoms. The summed E-state index contributed by atoms with van der Waals surface area (Å²) in [6.07, 6.45) is 0.518. The van der Waals surface area contributed by atoms with Crippen molar-refractivity contribution in [3.63, 3.8) is 0 Å². The van der Waals surface area contributed by atoms with Crippen molar-refractivity contribution in [1.82, 2.24) is 25.6 Å². The number of phenols is 2. The number of carbonyl (C=O) groups is 2. The molecule has 0 atom stereocenters. The third-order valence-electron chi connectivity index (χ3n) is 7.55. The number of carbonyl (C=O) groups excluding carboxylic acids is 2. The number of rotatable bonds is 27. The van der Waals surface area contributed by atoms with Crippen LogP contribution in [-0.2, 0) is 25.4 Å². The molecule has 0 spiro atoms. The first-order valence-corrected chi connectivity index (χ1v) is 18.0. The predicted octanol–water partition coefficient (Wildman–Crippen LogP) is 3.63. The maximum absolute atomic E-state index is 12.6. The van der Waals surface area contributed by atoms with E-state index in [9.17, 15) is 19.8 Å². The summed E-state index contributed by atoms with van der Waals surface area (Å²) in [5.74, 6) is 0.0343. The number of aromatic nitrogens is 3. The van der Waals surface area contributed by atoms with Crippen molar-refractivity contribution in [2.75, 3.05) is 102 Å². The molecule has 298 valence electrons. The Hall–Kier alpha value is -6.24. The second kappa shape index (κ2) is 25.0. The van der Waals surface area contributed by atoms with Crippen molar-refractivity contribution in [3.05, 3.63) is 99.9 Å². The monoisotopic (exact) mass is 773 g/mol. The Balaban J connectivity index is 1.21. The smallest absolute Gasteiger partial charge is 0.251 e. The number of nitrogens with one attached hydrogen (secondary N) is 5. The zero-order valence-electron chi connectivity index (χ0n) is 30.9. The van der Waals surface area contributed by atoms with Crippen LogP contribution in [-0.4, -0.2) is 123 Å². The SMILES string of the molecule is [N-]=[N+]=NCCOCCOCCNC(=O)c1ccc(Nc2nc(NCCOCCOCCNC(=O)c3ccccc3)nc(NCCc3ccc(O)c(O)c3)n2)cc1. The van der Waals surface area contributed by atoms with Gasteiger partial charge in [-0.3, -0.25) is 9.59 Å². The molecule has 0 aliphatic heterocycles. The number of phenolic OH excluding ortho intramolecular Hbond substituents is 2. The Morgan fingerprint density at radius 1 is 0.625 bits per heavy atom. The number of hydrogen-bond donors (Lipinski definition) is 7. The van der Waals surface area contributed by atoms with Crippen molar-refractivity contribution < 1.29 is 38.7 Å². The first-order valence-electron chi connectivity index (χ1n) is 18.0. The molecule has 4 rings (SSSR count). The highest BCUT2D eigenvalue weighted by molar-refractivity contribution is 5.94. The predicted molar refractivity (Wildman–Crippen MR) is 208 cm³/mol. The molecule has 0 saturated carbocycles. The van der Waals surface area contributed by atoms with Gasteiger partial charge in [0.2, 0.25) is 17.8 Å². The fraction of sp³-hybridized carbons (Fsp3) is 0.378. The lowest BCUT2D eigenvalue weighted by atomic mass is 10.1. The number of hydrogen-bond acceptors (Lipinski definition) is 15. The van der Waals surface area contributed by atoms with Gasteiger partial charge in [-0.25, -0.2) is 0 Å². The fourth-order valence-electron chi connectivity index (χ4n) is 4.76. The van der Waals surface area contributed by atoms with Gasteiger partial charge in [-0.2, -0.15) is 15.0 Å². The average molecular weight is 774 g/mol. The van der Waals surface area contributed by atoms with Crippen LogP contribution in [0, 0.1) is 0 Å². The minimum Gasteiger partial charge on any atom is -0.504 e. The lowest BCUT2D eigenvalue weighted by molar-refractivity contribution is 0.0511. The molecule has 3 aromatic carbocycles. The van der Waals surface area contributed by atoms with Gasteiger partial charge in [-0.05, 0) is 66.0 Å². The van der Waals surface area contributed by atoms with Gasteiger partial charge in [0.25, 0.3) is 11.8 Å². The summed E-state index contributed by atoms with van der Waals surface area (Å²) in [4.78, 5) is 40.8. The van der Waals surface area contributed by atoms with Crippen molar-refractivity contribution in [2.45, 2.75) is 6.42 Å². The second-order valence-electron chi connectivity index (χ2n) is 11.7. The van der Waals surface area contributed by atoms with Crippen LogP contribution >= 0.6 is 0 Å². The van der Waals surface area contributed by atoms with E-state index in [1.165, 1.54) is 12.1 Å². The number of aromatic hydroxyl groups is 2. The standard InChI is InChI=1S/C37H47N11O8/c38-48-43-17-21-56-25-24-54-19-15-40-34(52)29-7-9-30(10-8-29)44-37-46-35(41-13-12-27-6-11-31(49)32(50)26-27)45-36(47-37)42-16-20-55-23-22-53-18-14-39-33(51)28-4-2-1-3-5-28/h1-11,26,49-50H,12-25H2,(H,39,51)(H,40,52)(H3,41,42,44,45,46,47). The summed E-state index contributed by atoms with van der Waals surface area (Å²) < 4.78 is 21.9. The summed E-state index contributed by atoms with van der Waals surface area (Å²) in [6, 6.07) is 20.4. The molecule has 0 unspecified atom stereocenters. The first kappa shape index (κ1) is 42.5. The van der Waals surface area contributed by atoms with E-state index in [0.717, 1.165) is 5.56 Å². The van der Waals surface area contributed by atoms with Gasteiger partial charge in [0, 0.05) is 54.4 Å². The van der Waals surface area contributed by atoms with Crippen LogP contribution in [0.15, 0.2) is 77.9 Å². The third-order valence-corrected chi connectivity index (χ3v) is 7.55. The molecule has 0 radical (unpaired) electrons. The lowest BCUT2D eigenvalue weighted by Crippen LogP contribution is -2.27. The molecule has 56 heavy (non-hydrogen) atoms. The Bertz CT molecular complexity index is 1830. The number of benzene rings is 3. The summed E-state index contributed by atoms with van der Waals surface area (Å²) in [6.45, 7) is 4.55.